The Labute approximate surface area is 149 Å². The second kappa shape index (κ2) is 7.04. The van der Waals surface area contributed by atoms with E-state index in [9.17, 15) is 0 Å². The van der Waals surface area contributed by atoms with Crippen LogP contribution in [0.2, 0.25) is 0 Å². The number of aromatic nitrogens is 2. The summed E-state index contributed by atoms with van der Waals surface area (Å²) in [7, 11) is 3.39. The lowest BCUT2D eigenvalue weighted by atomic mass is 9.96. The first-order valence-electron chi connectivity index (χ1n) is 8.71. The molecule has 2 heterocycles. The van der Waals surface area contributed by atoms with E-state index in [0.717, 1.165) is 42.3 Å². The Morgan fingerprint density at radius 3 is 2.68 bits per heavy atom. The highest BCUT2D eigenvalue weighted by atomic mass is 16.5. The molecule has 136 valence electrons. The van der Waals surface area contributed by atoms with Crippen molar-refractivity contribution < 1.29 is 14.0 Å². The van der Waals surface area contributed by atoms with Crippen LogP contribution in [0.15, 0.2) is 22.7 Å². The lowest BCUT2D eigenvalue weighted by molar-refractivity contribution is 0.208. The predicted octanol–water partition coefficient (Wildman–Crippen LogP) is 3.72. The van der Waals surface area contributed by atoms with Crippen LogP contribution in [0.25, 0.3) is 0 Å². The van der Waals surface area contributed by atoms with E-state index in [1.807, 2.05) is 12.1 Å². The van der Waals surface area contributed by atoms with E-state index >= 15 is 0 Å². The summed E-state index contributed by atoms with van der Waals surface area (Å²) in [5.41, 5.74) is 1.04. The van der Waals surface area contributed by atoms with Crippen LogP contribution in [0.4, 0.5) is 0 Å². The molecule has 1 aromatic heterocycles. The number of benzene rings is 1. The predicted molar refractivity (Wildman–Crippen MR) is 94.9 cm³/mol. The van der Waals surface area contributed by atoms with Gasteiger partial charge in [-0.15, -0.1) is 0 Å². The Balaban J connectivity index is 1.82. The van der Waals surface area contributed by atoms with E-state index in [2.05, 4.69) is 41.9 Å². The lowest BCUT2D eigenvalue weighted by Crippen LogP contribution is -2.23. The fraction of sp³-hybridized carbons (Fsp3) is 0.579. The van der Waals surface area contributed by atoms with Gasteiger partial charge in [0.2, 0.25) is 5.89 Å². The highest BCUT2D eigenvalue weighted by molar-refractivity contribution is 5.42. The molecular weight excluding hydrogens is 318 g/mol. The second-order valence-corrected chi connectivity index (χ2v) is 7.50. The average molecular weight is 345 g/mol. The van der Waals surface area contributed by atoms with Gasteiger partial charge in [0, 0.05) is 17.0 Å². The van der Waals surface area contributed by atoms with Gasteiger partial charge >= 0.3 is 0 Å². The van der Waals surface area contributed by atoms with Crippen molar-refractivity contribution in [2.45, 2.75) is 51.6 Å². The molecule has 1 fully saturated rings. The van der Waals surface area contributed by atoms with Crippen molar-refractivity contribution in [1.29, 1.82) is 0 Å². The first-order valence-corrected chi connectivity index (χ1v) is 8.71. The van der Waals surface area contributed by atoms with Crippen molar-refractivity contribution in [2.24, 2.45) is 0 Å². The Morgan fingerprint density at radius 2 is 2.04 bits per heavy atom. The van der Waals surface area contributed by atoms with E-state index in [-0.39, 0.29) is 11.5 Å². The third kappa shape index (κ3) is 3.79. The SMILES string of the molecule is COc1ccc(OC)c([C@H]2CCCN2Cc2nc(C(C)(C)C)no2)c1. The highest BCUT2D eigenvalue weighted by Gasteiger charge is 2.30. The van der Waals surface area contributed by atoms with Crippen LogP contribution in [0.5, 0.6) is 11.5 Å². The van der Waals surface area contributed by atoms with Gasteiger partial charge in [0.1, 0.15) is 11.5 Å². The van der Waals surface area contributed by atoms with Crippen molar-refractivity contribution in [3.8, 4) is 11.5 Å². The van der Waals surface area contributed by atoms with Gasteiger partial charge in [0.25, 0.3) is 0 Å². The van der Waals surface area contributed by atoms with Crippen LogP contribution in [0.3, 0.4) is 0 Å². The molecule has 1 aliphatic heterocycles. The minimum atomic E-state index is -0.109. The van der Waals surface area contributed by atoms with Gasteiger partial charge in [-0.25, -0.2) is 0 Å². The molecule has 0 spiro atoms. The third-order valence-corrected chi connectivity index (χ3v) is 4.64. The summed E-state index contributed by atoms with van der Waals surface area (Å²) in [5.74, 6) is 3.14. The third-order valence-electron chi connectivity index (χ3n) is 4.64. The molecule has 25 heavy (non-hydrogen) atoms. The highest BCUT2D eigenvalue weighted by Crippen LogP contribution is 2.39. The zero-order valence-corrected chi connectivity index (χ0v) is 15.7. The number of nitrogens with zero attached hydrogens (tertiary/aromatic N) is 3. The number of rotatable bonds is 5. The van der Waals surface area contributed by atoms with E-state index in [1.165, 1.54) is 0 Å². The minimum Gasteiger partial charge on any atom is -0.497 e. The molecule has 6 nitrogen and oxygen atoms in total. The van der Waals surface area contributed by atoms with Crippen LogP contribution in [0, 0.1) is 0 Å². The van der Waals surface area contributed by atoms with Crippen molar-refractivity contribution in [3.63, 3.8) is 0 Å². The monoisotopic (exact) mass is 345 g/mol. The number of likely N-dealkylation sites (tertiary alicyclic amines) is 1. The quantitative estimate of drug-likeness (QED) is 0.823. The fourth-order valence-electron chi connectivity index (χ4n) is 3.26. The van der Waals surface area contributed by atoms with Crippen molar-refractivity contribution in [3.05, 3.63) is 35.5 Å². The molecular formula is C19H27N3O3. The number of hydrogen-bond acceptors (Lipinski definition) is 6. The summed E-state index contributed by atoms with van der Waals surface area (Å²) >= 11 is 0. The summed E-state index contributed by atoms with van der Waals surface area (Å²) in [6.07, 6.45) is 2.20. The van der Waals surface area contributed by atoms with E-state index in [0.29, 0.717) is 12.4 Å². The maximum absolute atomic E-state index is 5.57. The first kappa shape index (κ1) is 17.7. The van der Waals surface area contributed by atoms with Gasteiger partial charge in [-0.05, 0) is 37.6 Å². The van der Waals surface area contributed by atoms with E-state index in [1.54, 1.807) is 14.2 Å². The average Bonchev–Trinajstić information content (AvgIpc) is 3.23. The summed E-state index contributed by atoms with van der Waals surface area (Å²) in [4.78, 5) is 6.95. The Morgan fingerprint density at radius 1 is 1.24 bits per heavy atom. The molecule has 1 aliphatic rings. The van der Waals surface area contributed by atoms with Gasteiger partial charge < -0.3 is 14.0 Å². The maximum atomic E-state index is 5.57. The first-order chi connectivity index (χ1) is 11.9. The standard InChI is InChI=1S/C19H27N3O3/c1-19(2,3)18-20-17(25-21-18)12-22-10-6-7-15(22)14-11-13(23-4)8-9-16(14)24-5/h8-9,11,15H,6-7,10,12H2,1-5H3/t15-/m1/s1. The molecule has 0 amide bonds. The van der Waals surface area contributed by atoms with Crippen molar-refractivity contribution in [1.82, 2.24) is 15.0 Å². The Bertz CT molecular complexity index is 721. The summed E-state index contributed by atoms with van der Waals surface area (Å²) in [6, 6.07) is 6.22. The summed E-state index contributed by atoms with van der Waals surface area (Å²) < 4.78 is 16.4. The molecule has 0 aliphatic carbocycles. The zero-order chi connectivity index (χ0) is 18.0. The molecule has 2 aromatic rings. The molecule has 0 bridgehead atoms. The molecule has 1 atom stereocenters. The molecule has 3 rings (SSSR count). The lowest BCUT2D eigenvalue weighted by Gasteiger charge is -2.25. The Hall–Kier alpha value is -2.08. The van der Waals surface area contributed by atoms with E-state index in [4.69, 9.17) is 14.0 Å². The van der Waals surface area contributed by atoms with Gasteiger partial charge in [0.05, 0.1) is 20.8 Å². The van der Waals surface area contributed by atoms with Crippen LogP contribution < -0.4 is 9.47 Å². The van der Waals surface area contributed by atoms with Gasteiger partial charge in [-0.3, -0.25) is 4.90 Å². The second-order valence-electron chi connectivity index (χ2n) is 7.50. The fourth-order valence-corrected chi connectivity index (χ4v) is 3.26. The van der Waals surface area contributed by atoms with Crippen LogP contribution in [-0.4, -0.2) is 35.8 Å². The smallest absolute Gasteiger partial charge is 0.240 e. The molecule has 0 radical (unpaired) electrons. The largest absolute Gasteiger partial charge is 0.497 e. The number of methoxy groups -OCH3 is 2. The van der Waals surface area contributed by atoms with Crippen molar-refractivity contribution >= 4 is 0 Å². The molecule has 0 saturated carbocycles. The molecule has 0 unspecified atom stereocenters. The normalized spacial score (nSPS) is 18.5. The number of ether oxygens (including phenoxy) is 2. The molecule has 6 heteroatoms. The maximum Gasteiger partial charge on any atom is 0.240 e. The molecule has 1 aromatic carbocycles. The molecule has 0 N–H and O–H groups in total. The molecule has 1 saturated heterocycles. The summed E-state index contributed by atoms with van der Waals surface area (Å²) in [5, 5.41) is 4.13. The van der Waals surface area contributed by atoms with Crippen LogP contribution >= 0.6 is 0 Å². The van der Waals surface area contributed by atoms with Gasteiger partial charge in [0.15, 0.2) is 5.82 Å². The topological polar surface area (TPSA) is 60.6 Å². The minimum absolute atomic E-state index is 0.109. The van der Waals surface area contributed by atoms with E-state index < -0.39 is 0 Å². The Kier molecular flexibility index (Phi) is 4.99. The van der Waals surface area contributed by atoms with Crippen LogP contribution in [-0.2, 0) is 12.0 Å². The van der Waals surface area contributed by atoms with Crippen molar-refractivity contribution in [2.75, 3.05) is 20.8 Å². The summed E-state index contributed by atoms with van der Waals surface area (Å²) in [6.45, 7) is 7.90. The zero-order valence-electron chi connectivity index (χ0n) is 15.7. The van der Waals surface area contributed by atoms with Gasteiger partial charge in [-0.2, -0.15) is 4.98 Å². The van der Waals surface area contributed by atoms with Crippen LogP contribution in [0.1, 0.15) is 56.9 Å². The van der Waals surface area contributed by atoms with Gasteiger partial charge in [-0.1, -0.05) is 25.9 Å². The number of hydrogen-bond donors (Lipinski definition) is 0.